The second-order valence-electron chi connectivity index (χ2n) is 3.39. The van der Waals surface area contributed by atoms with E-state index in [-0.39, 0.29) is 18.6 Å². The van der Waals surface area contributed by atoms with Gasteiger partial charge in [0.05, 0.1) is 11.8 Å². The molecule has 0 bridgehead atoms. The molecule has 0 aromatic carbocycles. The van der Waals surface area contributed by atoms with E-state index in [0.29, 0.717) is 5.69 Å². The van der Waals surface area contributed by atoms with Gasteiger partial charge in [0.25, 0.3) is 0 Å². The third kappa shape index (κ3) is 3.23. The summed E-state index contributed by atoms with van der Waals surface area (Å²) >= 11 is 0. The van der Waals surface area contributed by atoms with Crippen molar-refractivity contribution in [2.75, 3.05) is 0 Å². The fraction of sp³-hybridized carbons (Fsp3) is 0.455. The third-order valence-corrected chi connectivity index (χ3v) is 2.19. The molecule has 0 spiro atoms. The number of rotatable bonds is 5. The first-order valence-electron chi connectivity index (χ1n) is 4.97. The van der Waals surface area contributed by atoms with Gasteiger partial charge in [-0.1, -0.05) is 6.92 Å². The zero-order chi connectivity index (χ0) is 11.3. The molecule has 0 aliphatic heterocycles. The molecule has 1 atom stereocenters. The number of hydrogen-bond acceptors (Lipinski definition) is 3. The summed E-state index contributed by atoms with van der Waals surface area (Å²) in [5, 5.41) is 0. The second kappa shape index (κ2) is 5.34. The fourth-order valence-electron chi connectivity index (χ4n) is 1.16. The Labute approximate surface area is 88.8 Å². The van der Waals surface area contributed by atoms with E-state index in [2.05, 4.69) is 0 Å². The summed E-state index contributed by atoms with van der Waals surface area (Å²) < 4.78 is 6.66. The van der Waals surface area contributed by atoms with E-state index in [9.17, 15) is 9.59 Å². The number of carbonyl (C=O) groups is 2. The summed E-state index contributed by atoms with van der Waals surface area (Å²) in [5.41, 5.74) is 0.483. The molecule has 1 heterocycles. The van der Waals surface area contributed by atoms with Crippen LogP contribution in [0.15, 0.2) is 18.3 Å². The highest BCUT2D eigenvalue weighted by Crippen LogP contribution is 2.02. The van der Waals surface area contributed by atoms with E-state index in [1.807, 2.05) is 13.8 Å². The van der Waals surface area contributed by atoms with Crippen molar-refractivity contribution in [1.29, 1.82) is 0 Å². The number of aldehydes is 1. The zero-order valence-corrected chi connectivity index (χ0v) is 8.97. The van der Waals surface area contributed by atoms with Gasteiger partial charge in [0.2, 0.25) is 0 Å². The maximum absolute atomic E-state index is 11.4. The van der Waals surface area contributed by atoms with Crippen LogP contribution in [0.5, 0.6) is 0 Å². The molecule has 1 unspecified atom stereocenters. The Morgan fingerprint density at radius 2 is 2.40 bits per heavy atom. The van der Waals surface area contributed by atoms with Crippen molar-refractivity contribution in [2.45, 2.75) is 32.9 Å². The van der Waals surface area contributed by atoms with Crippen LogP contribution in [0, 0.1) is 0 Å². The molecule has 0 amide bonds. The summed E-state index contributed by atoms with van der Waals surface area (Å²) in [6.45, 7) is 3.88. The smallest absolute Gasteiger partial charge is 0.326 e. The predicted molar refractivity (Wildman–Crippen MR) is 55.7 cm³/mol. The Morgan fingerprint density at radius 1 is 1.67 bits per heavy atom. The molecule has 0 aliphatic carbocycles. The average Bonchev–Trinajstić information content (AvgIpc) is 2.64. The van der Waals surface area contributed by atoms with Crippen molar-refractivity contribution in [3.8, 4) is 0 Å². The highest BCUT2D eigenvalue weighted by molar-refractivity contribution is 5.75. The minimum absolute atomic E-state index is 0.0762. The number of esters is 1. The van der Waals surface area contributed by atoms with Crippen molar-refractivity contribution in [3.05, 3.63) is 24.0 Å². The molecule has 0 radical (unpaired) electrons. The van der Waals surface area contributed by atoms with Crippen LogP contribution in [0.1, 0.15) is 30.8 Å². The first-order valence-corrected chi connectivity index (χ1v) is 4.97. The van der Waals surface area contributed by atoms with Crippen molar-refractivity contribution in [1.82, 2.24) is 4.57 Å². The molecule has 4 heteroatoms. The Balaban J connectivity index is 2.54. The summed E-state index contributed by atoms with van der Waals surface area (Å²) in [5.74, 6) is -0.316. The molecule has 0 aliphatic rings. The number of hydrogen-bond donors (Lipinski definition) is 0. The van der Waals surface area contributed by atoms with Gasteiger partial charge in [0, 0.05) is 6.20 Å². The maximum atomic E-state index is 11.4. The van der Waals surface area contributed by atoms with Gasteiger partial charge in [0.1, 0.15) is 6.54 Å². The average molecular weight is 209 g/mol. The van der Waals surface area contributed by atoms with Gasteiger partial charge in [-0.05, 0) is 25.5 Å². The molecule has 15 heavy (non-hydrogen) atoms. The molecular formula is C11H15NO3. The van der Waals surface area contributed by atoms with Crippen LogP contribution in [0.2, 0.25) is 0 Å². The molecule has 0 fully saturated rings. The van der Waals surface area contributed by atoms with Crippen LogP contribution in [-0.4, -0.2) is 22.9 Å². The van der Waals surface area contributed by atoms with Crippen LogP contribution < -0.4 is 0 Å². The molecular weight excluding hydrogens is 194 g/mol. The lowest BCUT2D eigenvalue weighted by molar-refractivity contribution is -0.149. The standard InChI is InChI=1S/C11H15NO3/c1-3-9(2)15-11(14)7-12-6-4-5-10(12)8-13/h4-6,8-9H,3,7H2,1-2H3. The van der Waals surface area contributed by atoms with Crippen molar-refractivity contribution >= 4 is 12.3 Å². The Morgan fingerprint density at radius 3 is 3.00 bits per heavy atom. The van der Waals surface area contributed by atoms with Gasteiger partial charge in [-0.2, -0.15) is 0 Å². The molecule has 82 valence electrons. The molecule has 1 rings (SSSR count). The summed E-state index contributed by atoms with van der Waals surface area (Å²) in [4.78, 5) is 22.0. The van der Waals surface area contributed by atoms with E-state index in [1.54, 1.807) is 22.9 Å². The quantitative estimate of drug-likeness (QED) is 0.547. The summed E-state index contributed by atoms with van der Waals surface area (Å²) in [6.07, 6.45) is 3.11. The van der Waals surface area contributed by atoms with Crippen LogP contribution in [0.4, 0.5) is 0 Å². The van der Waals surface area contributed by atoms with E-state index >= 15 is 0 Å². The predicted octanol–water partition coefficient (Wildman–Crippen LogP) is 1.64. The van der Waals surface area contributed by atoms with Crippen LogP contribution in [0.25, 0.3) is 0 Å². The minimum atomic E-state index is -0.316. The van der Waals surface area contributed by atoms with Gasteiger partial charge in [-0.25, -0.2) is 0 Å². The van der Waals surface area contributed by atoms with Gasteiger partial charge in [-0.15, -0.1) is 0 Å². The van der Waals surface area contributed by atoms with Crippen molar-refractivity contribution in [3.63, 3.8) is 0 Å². The fourth-order valence-corrected chi connectivity index (χ4v) is 1.16. The lowest BCUT2D eigenvalue weighted by atomic mass is 10.3. The number of ether oxygens (including phenoxy) is 1. The lowest BCUT2D eigenvalue weighted by Crippen LogP contribution is -2.19. The van der Waals surface area contributed by atoms with E-state index in [0.717, 1.165) is 12.7 Å². The Hall–Kier alpha value is -1.58. The molecule has 1 aromatic rings. The number of carbonyl (C=O) groups excluding carboxylic acids is 2. The highest BCUT2D eigenvalue weighted by Gasteiger charge is 2.09. The maximum Gasteiger partial charge on any atom is 0.326 e. The summed E-state index contributed by atoms with van der Waals surface area (Å²) in [7, 11) is 0. The van der Waals surface area contributed by atoms with E-state index in [1.165, 1.54) is 0 Å². The first kappa shape index (κ1) is 11.5. The lowest BCUT2D eigenvalue weighted by Gasteiger charge is -2.11. The largest absolute Gasteiger partial charge is 0.461 e. The second-order valence-corrected chi connectivity index (χ2v) is 3.39. The topological polar surface area (TPSA) is 48.3 Å². The highest BCUT2D eigenvalue weighted by atomic mass is 16.5. The van der Waals surface area contributed by atoms with E-state index in [4.69, 9.17) is 4.74 Å². The van der Waals surface area contributed by atoms with Gasteiger partial charge in [0.15, 0.2) is 6.29 Å². The Kier molecular flexibility index (Phi) is 4.09. The van der Waals surface area contributed by atoms with Gasteiger partial charge in [-0.3, -0.25) is 9.59 Å². The number of nitrogens with zero attached hydrogens (tertiary/aromatic N) is 1. The van der Waals surface area contributed by atoms with Gasteiger partial charge < -0.3 is 9.30 Å². The zero-order valence-electron chi connectivity index (χ0n) is 8.97. The third-order valence-electron chi connectivity index (χ3n) is 2.19. The van der Waals surface area contributed by atoms with Crippen LogP contribution >= 0.6 is 0 Å². The monoisotopic (exact) mass is 209 g/mol. The molecule has 0 saturated heterocycles. The molecule has 1 aromatic heterocycles. The van der Waals surface area contributed by atoms with Crippen LogP contribution in [-0.2, 0) is 16.1 Å². The molecule has 0 N–H and O–H groups in total. The minimum Gasteiger partial charge on any atom is -0.461 e. The molecule has 0 saturated carbocycles. The van der Waals surface area contributed by atoms with Gasteiger partial charge >= 0.3 is 5.97 Å². The first-order chi connectivity index (χ1) is 7.17. The Bertz CT molecular complexity index is 343. The normalized spacial score (nSPS) is 12.1. The van der Waals surface area contributed by atoms with Crippen molar-refractivity contribution in [2.24, 2.45) is 0 Å². The van der Waals surface area contributed by atoms with E-state index < -0.39 is 0 Å². The molecule has 4 nitrogen and oxygen atoms in total. The summed E-state index contributed by atoms with van der Waals surface area (Å²) in [6, 6.07) is 3.38. The number of aromatic nitrogens is 1. The van der Waals surface area contributed by atoms with Crippen LogP contribution in [0.3, 0.4) is 0 Å². The van der Waals surface area contributed by atoms with Crippen molar-refractivity contribution < 1.29 is 14.3 Å². The SMILES string of the molecule is CCC(C)OC(=O)Cn1cccc1C=O.